The SMILES string of the molecule is CCC(=O)c1sc(NC(C)C2CC2)c(SC)c1N. The largest absolute Gasteiger partial charge is 0.396 e. The Balaban J connectivity index is 2.25. The lowest BCUT2D eigenvalue weighted by atomic mass is 10.2. The first-order valence-electron chi connectivity index (χ1n) is 6.34. The zero-order chi connectivity index (χ0) is 13.3. The van der Waals surface area contributed by atoms with Crippen LogP contribution >= 0.6 is 23.1 Å². The Labute approximate surface area is 117 Å². The minimum Gasteiger partial charge on any atom is -0.396 e. The molecule has 0 spiro atoms. The molecule has 5 heteroatoms. The van der Waals surface area contributed by atoms with Crippen LogP contribution in [-0.4, -0.2) is 18.1 Å². The van der Waals surface area contributed by atoms with Crippen LogP contribution in [0.2, 0.25) is 0 Å². The summed E-state index contributed by atoms with van der Waals surface area (Å²) in [4.78, 5) is 13.6. The van der Waals surface area contributed by atoms with Crippen molar-refractivity contribution in [3.8, 4) is 0 Å². The molecule has 100 valence electrons. The molecule has 1 aliphatic rings. The van der Waals surface area contributed by atoms with Gasteiger partial charge in [-0.1, -0.05) is 6.92 Å². The van der Waals surface area contributed by atoms with Crippen molar-refractivity contribution in [2.45, 2.75) is 44.0 Å². The minimum atomic E-state index is 0.139. The summed E-state index contributed by atoms with van der Waals surface area (Å²) >= 11 is 3.13. The number of thioether (sulfide) groups is 1. The minimum absolute atomic E-state index is 0.139. The van der Waals surface area contributed by atoms with Gasteiger partial charge in [-0.25, -0.2) is 0 Å². The molecule has 0 radical (unpaired) electrons. The van der Waals surface area contributed by atoms with E-state index in [0.717, 1.165) is 15.8 Å². The predicted octanol–water partition coefficient (Wildman–Crippen LogP) is 3.86. The number of hydrogen-bond donors (Lipinski definition) is 2. The number of ketones is 1. The number of nitrogens with two attached hydrogens (primary N) is 1. The molecule has 0 aliphatic heterocycles. The molecular formula is C13H20N2OS2. The lowest BCUT2D eigenvalue weighted by Crippen LogP contribution is -2.16. The predicted molar refractivity (Wildman–Crippen MR) is 80.9 cm³/mol. The molecule has 0 saturated heterocycles. The lowest BCUT2D eigenvalue weighted by molar-refractivity contribution is 0.0992. The summed E-state index contributed by atoms with van der Waals surface area (Å²) in [6.45, 7) is 4.08. The molecule has 1 fully saturated rings. The molecule has 18 heavy (non-hydrogen) atoms. The molecule has 1 saturated carbocycles. The molecule has 1 aromatic heterocycles. The maximum absolute atomic E-state index is 11.8. The van der Waals surface area contributed by atoms with Crippen LogP contribution in [-0.2, 0) is 0 Å². The van der Waals surface area contributed by atoms with Crippen molar-refractivity contribution in [2.24, 2.45) is 5.92 Å². The highest BCUT2D eigenvalue weighted by molar-refractivity contribution is 7.99. The summed E-state index contributed by atoms with van der Waals surface area (Å²) in [5.41, 5.74) is 6.74. The Morgan fingerprint density at radius 1 is 1.61 bits per heavy atom. The second-order valence-electron chi connectivity index (χ2n) is 4.75. The summed E-state index contributed by atoms with van der Waals surface area (Å²) in [7, 11) is 0. The van der Waals surface area contributed by atoms with Gasteiger partial charge in [-0.05, 0) is 31.9 Å². The third kappa shape index (κ3) is 2.67. The fourth-order valence-corrected chi connectivity index (χ4v) is 4.14. The number of carbonyl (C=O) groups excluding carboxylic acids is 1. The Bertz CT molecular complexity index is 452. The average molecular weight is 284 g/mol. The summed E-state index contributed by atoms with van der Waals surface area (Å²) in [6.07, 6.45) is 5.14. The van der Waals surface area contributed by atoms with Crippen LogP contribution in [0.4, 0.5) is 10.7 Å². The van der Waals surface area contributed by atoms with Crippen LogP contribution < -0.4 is 11.1 Å². The van der Waals surface area contributed by atoms with Crippen LogP contribution in [0.25, 0.3) is 0 Å². The van der Waals surface area contributed by atoms with Gasteiger partial charge in [0, 0.05) is 12.5 Å². The maximum Gasteiger partial charge on any atom is 0.174 e. The Hall–Kier alpha value is -0.680. The number of rotatable bonds is 6. The van der Waals surface area contributed by atoms with Crippen molar-refractivity contribution in [3.05, 3.63) is 4.88 Å². The van der Waals surface area contributed by atoms with E-state index in [9.17, 15) is 4.79 Å². The van der Waals surface area contributed by atoms with E-state index in [1.807, 2.05) is 13.2 Å². The molecule has 1 heterocycles. The van der Waals surface area contributed by atoms with Gasteiger partial charge < -0.3 is 11.1 Å². The number of nitrogen functional groups attached to an aromatic ring is 1. The van der Waals surface area contributed by atoms with Gasteiger partial charge >= 0.3 is 0 Å². The zero-order valence-corrected chi connectivity index (χ0v) is 12.7. The summed E-state index contributed by atoms with van der Waals surface area (Å²) in [5.74, 6) is 0.924. The molecule has 1 unspecified atom stereocenters. The summed E-state index contributed by atoms with van der Waals surface area (Å²) in [5, 5.41) is 4.59. The van der Waals surface area contributed by atoms with Crippen molar-refractivity contribution < 1.29 is 4.79 Å². The average Bonchev–Trinajstić information content (AvgIpc) is 3.15. The highest BCUT2D eigenvalue weighted by Crippen LogP contribution is 2.44. The standard InChI is InChI=1S/C13H20N2OS2/c1-4-9(16)11-10(14)12(17-3)13(18-11)15-7(2)8-5-6-8/h7-8,15H,4-6,14H2,1-3H3. The van der Waals surface area contributed by atoms with Gasteiger partial charge in [0.1, 0.15) is 5.00 Å². The maximum atomic E-state index is 11.8. The van der Waals surface area contributed by atoms with E-state index in [1.54, 1.807) is 11.8 Å². The van der Waals surface area contributed by atoms with E-state index in [4.69, 9.17) is 5.73 Å². The molecule has 0 bridgehead atoms. The van der Waals surface area contributed by atoms with Crippen LogP contribution in [0.5, 0.6) is 0 Å². The monoisotopic (exact) mass is 284 g/mol. The number of hydrogen-bond acceptors (Lipinski definition) is 5. The van der Waals surface area contributed by atoms with Gasteiger partial charge in [-0.2, -0.15) is 0 Å². The normalized spacial score (nSPS) is 16.6. The fraction of sp³-hybridized carbons (Fsp3) is 0.615. The van der Waals surface area contributed by atoms with Crippen molar-refractivity contribution in [1.29, 1.82) is 0 Å². The third-order valence-electron chi connectivity index (χ3n) is 3.37. The number of anilines is 2. The zero-order valence-electron chi connectivity index (χ0n) is 11.1. The first-order valence-corrected chi connectivity index (χ1v) is 8.38. The van der Waals surface area contributed by atoms with E-state index >= 15 is 0 Å². The van der Waals surface area contributed by atoms with E-state index < -0.39 is 0 Å². The molecular weight excluding hydrogens is 264 g/mol. The number of thiophene rings is 1. The van der Waals surface area contributed by atoms with E-state index in [2.05, 4.69) is 12.2 Å². The lowest BCUT2D eigenvalue weighted by Gasteiger charge is -2.13. The summed E-state index contributed by atoms with van der Waals surface area (Å²) in [6, 6.07) is 0.471. The van der Waals surface area contributed by atoms with Gasteiger partial charge in [0.25, 0.3) is 0 Å². The van der Waals surface area contributed by atoms with Gasteiger partial charge in [-0.15, -0.1) is 23.1 Å². The van der Waals surface area contributed by atoms with Crippen molar-refractivity contribution >= 4 is 39.6 Å². The van der Waals surface area contributed by atoms with Crippen LogP contribution in [0.15, 0.2) is 4.90 Å². The van der Waals surface area contributed by atoms with E-state index in [-0.39, 0.29) is 5.78 Å². The van der Waals surface area contributed by atoms with E-state index in [0.29, 0.717) is 23.0 Å². The third-order valence-corrected chi connectivity index (χ3v) is 5.51. The quantitative estimate of drug-likeness (QED) is 0.615. The topological polar surface area (TPSA) is 55.1 Å². The first kappa shape index (κ1) is 13.7. The molecule has 3 N–H and O–H groups in total. The highest BCUT2D eigenvalue weighted by atomic mass is 32.2. The van der Waals surface area contributed by atoms with Crippen molar-refractivity contribution in [3.63, 3.8) is 0 Å². The molecule has 0 aromatic carbocycles. The number of carbonyl (C=O) groups is 1. The molecule has 2 rings (SSSR count). The highest BCUT2D eigenvalue weighted by Gasteiger charge is 2.29. The number of Topliss-reactive ketones (excluding diaryl/α,β-unsaturated/α-hetero) is 1. The molecule has 0 amide bonds. The van der Waals surface area contributed by atoms with Gasteiger partial charge in [-0.3, -0.25) is 4.79 Å². The van der Waals surface area contributed by atoms with Gasteiger partial charge in [0.05, 0.1) is 15.5 Å². The Morgan fingerprint density at radius 2 is 2.28 bits per heavy atom. The van der Waals surface area contributed by atoms with Gasteiger partial charge in [0.15, 0.2) is 5.78 Å². The van der Waals surface area contributed by atoms with Crippen LogP contribution in [0.3, 0.4) is 0 Å². The van der Waals surface area contributed by atoms with Crippen LogP contribution in [0, 0.1) is 5.92 Å². The Kier molecular flexibility index (Phi) is 4.22. The second kappa shape index (κ2) is 5.53. The van der Waals surface area contributed by atoms with Crippen LogP contribution in [0.1, 0.15) is 42.8 Å². The molecule has 1 aromatic rings. The second-order valence-corrected chi connectivity index (χ2v) is 6.59. The fourth-order valence-electron chi connectivity index (χ4n) is 2.02. The molecule has 1 atom stereocenters. The van der Waals surface area contributed by atoms with E-state index in [1.165, 1.54) is 24.2 Å². The number of nitrogens with one attached hydrogen (secondary N) is 1. The van der Waals surface area contributed by atoms with Gasteiger partial charge in [0.2, 0.25) is 0 Å². The Morgan fingerprint density at radius 3 is 2.78 bits per heavy atom. The molecule has 1 aliphatic carbocycles. The smallest absolute Gasteiger partial charge is 0.174 e. The summed E-state index contributed by atoms with van der Waals surface area (Å²) < 4.78 is 0. The first-order chi connectivity index (χ1) is 8.58. The van der Waals surface area contributed by atoms with Crippen molar-refractivity contribution in [2.75, 3.05) is 17.3 Å². The van der Waals surface area contributed by atoms with Crippen molar-refractivity contribution in [1.82, 2.24) is 0 Å². The molecule has 3 nitrogen and oxygen atoms in total.